The van der Waals surface area contributed by atoms with E-state index in [0.717, 1.165) is 12.1 Å². The summed E-state index contributed by atoms with van der Waals surface area (Å²) in [6.45, 7) is 4.65. The molecule has 0 saturated carbocycles. The molecule has 0 fully saturated rings. The van der Waals surface area contributed by atoms with Crippen LogP contribution in [0.4, 0.5) is 0 Å². The molecule has 2 aromatic carbocycles. The number of carbonyl (C=O) groups is 2. The van der Waals surface area contributed by atoms with Crippen molar-refractivity contribution in [1.82, 2.24) is 9.78 Å². The Bertz CT molecular complexity index is 1020. The number of benzene rings is 2. The van der Waals surface area contributed by atoms with Crippen LogP contribution in [0.3, 0.4) is 0 Å². The van der Waals surface area contributed by atoms with Crippen LogP contribution in [0, 0.1) is 5.92 Å². The number of ether oxygens (including phenoxy) is 1. The van der Waals surface area contributed by atoms with Gasteiger partial charge in [0.2, 0.25) is 17.4 Å². The number of hydrogen-bond acceptors (Lipinski definition) is 4. The molecule has 0 saturated heterocycles. The zero-order valence-corrected chi connectivity index (χ0v) is 15.3. The Kier molecular flexibility index (Phi) is 4.36. The van der Waals surface area contributed by atoms with Crippen molar-refractivity contribution in [3.05, 3.63) is 65.7 Å². The van der Waals surface area contributed by atoms with Crippen LogP contribution in [-0.2, 0) is 0 Å². The van der Waals surface area contributed by atoms with Crippen molar-refractivity contribution in [2.24, 2.45) is 5.92 Å². The van der Waals surface area contributed by atoms with Crippen LogP contribution in [0.5, 0.6) is 5.88 Å². The van der Waals surface area contributed by atoms with E-state index in [-0.39, 0.29) is 11.4 Å². The average Bonchev–Trinajstić information content (AvgIpc) is 3.06. The number of Topliss-reactive ketones (excluding diaryl/α,β-unsaturated/α-hetero) is 2. The Morgan fingerprint density at radius 1 is 0.926 bits per heavy atom. The van der Waals surface area contributed by atoms with Crippen molar-refractivity contribution in [1.29, 1.82) is 0 Å². The Labute approximate surface area is 157 Å². The second kappa shape index (κ2) is 6.83. The van der Waals surface area contributed by atoms with Gasteiger partial charge >= 0.3 is 0 Å². The summed E-state index contributed by atoms with van der Waals surface area (Å²) in [5.41, 5.74) is 2.78. The van der Waals surface area contributed by atoms with Gasteiger partial charge in [0.25, 0.3) is 0 Å². The summed E-state index contributed by atoms with van der Waals surface area (Å²) in [6, 6.07) is 16.7. The number of ketones is 2. The zero-order chi connectivity index (χ0) is 19.0. The molecule has 1 aliphatic rings. The van der Waals surface area contributed by atoms with Gasteiger partial charge in [0, 0.05) is 11.1 Å². The minimum absolute atomic E-state index is 0.224. The zero-order valence-electron chi connectivity index (χ0n) is 15.3. The fraction of sp³-hybridized carbons (Fsp3) is 0.227. The first kappa shape index (κ1) is 17.2. The van der Waals surface area contributed by atoms with E-state index in [1.54, 1.807) is 16.8 Å². The first-order valence-corrected chi connectivity index (χ1v) is 9.07. The first-order valence-electron chi connectivity index (χ1n) is 9.07. The van der Waals surface area contributed by atoms with Gasteiger partial charge in [-0.15, -0.1) is 5.10 Å². The molecule has 0 atom stereocenters. The molecule has 0 unspecified atom stereocenters. The third kappa shape index (κ3) is 2.95. The molecular weight excluding hydrogens is 340 g/mol. The van der Waals surface area contributed by atoms with Gasteiger partial charge in [-0.3, -0.25) is 9.59 Å². The van der Waals surface area contributed by atoms with E-state index in [1.165, 1.54) is 0 Å². The topological polar surface area (TPSA) is 61.2 Å². The Balaban J connectivity index is 1.91. The van der Waals surface area contributed by atoms with E-state index in [2.05, 4.69) is 18.9 Å². The van der Waals surface area contributed by atoms with Gasteiger partial charge in [-0.1, -0.05) is 56.3 Å². The van der Waals surface area contributed by atoms with Crippen molar-refractivity contribution in [2.75, 3.05) is 6.61 Å². The van der Waals surface area contributed by atoms with Crippen LogP contribution in [0.25, 0.3) is 16.9 Å². The molecule has 0 bridgehead atoms. The molecule has 1 heterocycles. The van der Waals surface area contributed by atoms with Crippen molar-refractivity contribution >= 4 is 11.6 Å². The van der Waals surface area contributed by atoms with Crippen LogP contribution in [0.15, 0.2) is 54.6 Å². The number of aromatic nitrogens is 2. The van der Waals surface area contributed by atoms with Crippen LogP contribution in [-0.4, -0.2) is 28.0 Å². The van der Waals surface area contributed by atoms with Gasteiger partial charge in [-0.25, -0.2) is 4.68 Å². The van der Waals surface area contributed by atoms with Crippen LogP contribution < -0.4 is 4.74 Å². The van der Waals surface area contributed by atoms with Gasteiger partial charge in [0.15, 0.2) is 0 Å². The Morgan fingerprint density at radius 2 is 1.59 bits per heavy atom. The van der Waals surface area contributed by atoms with E-state index in [1.807, 2.05) is 42.5 Å². The molecule has 5 nitrogen and oxygen atoms in total. The van der Waals surface area contributed by atoms with E-state index in [0.29, 0.717) is 29.3 Å². The van der Waals surface area contributed by atoms with E-state index in [9.17, 15) is 9.59 Å². The molecule has 3 aromatic rings. The van der Waals surface area contributed by atoms with Crippen LogP contribution in [0.2, 0.25) is 0 Å². The lowest BCUT2D eigenvalue weighted by Crippen LogP contribution is -2.22. The molecule has 0 amide bonds. The fourth-order valence-corrected chi connectivity index (χ4v) is 3.22. The molecule has 0 N–H and O–H groups in total. The molecular formula is C22H20N2O3. The lowest BCUT2D eigenvalue weighted by Gasteiger charge is -2.16. The van der Waals surface area contributed by atoms with E-state index in [4.69, 9.17) is 4.74 Å². The number of para-hydroxylation sites is 1. The van der Waals surface area contributed by atoms with Crippen LogP contribution >= 0.6 is 0 Å². The first-order chi connectivity index (χ1) is 13.1. The summed E-state index contributed by atoms with van der Waals surface area (Å²) in [6.07, 6.45) is 0.839. The maximum Gasteiger partial charge on any atom is 0.245 e. The standard InChI is InChI=1S/C22H20N2O3/c1-14(2)12-13-27-22-18-19(24(23-22)15-8-4-3-5-9-15)16-10-6-7-11-17(16)20(25)21(18)26/h3-11,14H,12-13H2,1-2H3. The number of hydrogen-bond donors (Lipinski definition) is 0. The third-order valence-corrected chi connectivity index (χ3v) is 4.65. The highest BCUT2D eigenvalue weighted by Gasteiger charge is 2.37. The van der Waals surface area contributed by atoms with E-state index < -0.39 is 11.6 Å². The summed E-state index contributed by atoms with van der Waals surface area (Å²) >= 11 is 0. The minimum Gasteiger partial charge on any atom is -0.476 e. The van der Waals surface area contributed by atoms with Gasteiger partial charge in [-0.05, 0) is 24.5 Å². The molecule has 1 aliphatic carbocycles. The van der Waals surface area contributed by atoms with Gasteiger partial charge < -0.3 is 4.74 Å². The second-order valence-electron chi connectivity index (χ2n) is 7.01. The molecule has 27 heavy (non-hydrogen) atoms. The predicted molar refractivity (Wildman–Crippen MR) is 103 cm³/mol. The van der Waals surface area contributed by atoms with Gasteiger partial charge in [0.1, 0.15) is 5.56 Å². The monoisotopic (exact) mass is 360 g/mol. The lowest BCUT2D eigenvalue weighted by atomic mass is 9.88. The quantitative estimate of drug-likeness (QED) is 0.635. The molecule has 0 radical (unpaired) electrons. The summed E-state index contributed by atoms with van der Waals surface area (Å²) in [4.78, 5) is 25.5. The van der Waals surface area contributed by atoms with Crippen molar-refractivity contribution in [3.8, 4) is 22.8 Å². The van der Waals surface area contributed by atoms with E-state index >= 15 is 0 Å². The highest BCUT2D eigenvalue weighted by atomic mass is 16.5. The van der Waals surface area contributed by atoms with Gasteiger partial charge in [0.05, 0.1) is 18.0 Å². The number of rotatable bonds is 5. The van der Waals surface area contributed by atoms with Crippen molar-refractivity contribution in [3.63, 3.8) is 0 Å². The second-order valence-corrected chi connectivity index (χ2v) is 7.01. The highest BCUT2D eigenvalue weighted by Crippen LogP contribution is 2.39. The smallest absolute Gasteiger partial charge is 0.245 e. The van der Waals surface area contributed by atoms with Gasteiger partial charge in [-0.2, -0.15) is 0 Å². The number of carbonyl (C=O) groups excluding carboxylic acids is 2. The highest BCUT2D eigenvalue weighted by molar-refractivity contribution is 6.53. The molecule has 136 valence electrons. The molecule has 0 spiro atoms. The lowest BCUT2D eigenvalue weighted by molar-refractivity contribution is 0.0812. The SMILES string of the molecule is CC(C)CCOc1nn(-c2ccccc2)c2c1C(=O)C(=O)c1ccccc1-2. The maximum absolute atomic E-state index is 12.9. The normalized spacial score (nSPS) is 12.9. The predicted octanol–water partition coefficient (Wildman–Crippen LogP) is 4.34. The Morgan fingerprint density at radius 3 is 2.30 bits per heavy atom. The average molecular weight is 360 g/mol. The molecule has 5 heteroatoms. The number of nitrogens with zero attached hydrogens (tertiary/aromatic N) is 2. The van der Waals surface area contributed by atoms with Crippen molar-refractivity contribution < 1.29 is 14.3 Å². The minimum atomic E-state index is -0.564. The third-order valence-electron chi connectivity index (χ3n) is 4.65. The fourth-order valence-electron chi connectivity index (χ4n) is 3.22. The summed E-state index contributed by atoms with van der Waals surface area (Å²) < 4.78 is 7.54. The molecule has 1 aromatic heterocycles. The van der Waals surface area contributed by atoms with Crippen LogP contribution in [0.1, 0.15) is 41.0 Å². The Hall–Kier alpha value is -3.21. The summed E-state index contributed by atoms with van der Waals surface area (Å²) in [7, 11) is 0. The summed E-state index contributed by atoms with van der Waals surface area (Å²) in [5, 5.41) is 4.56. The molecule has 4 rings (SSSR count). The maximum atomic E-state index is 12.9. The summed E-state index contributed by atoms with van der Waals surface area (Å²) in [5.74, 6) is -0.387. The molecule has 0 aliphatic heterocycles. The van der Waals surface area contributed by atoms with Crippen molar-refractivity contribution in [2.45, 2.75) is 20.3 Å². The largest absolute Gasteiger partial charge is 0.476 e. The number of fused-ring (bicyclic) bond motifs is 3.